The van der Waals surface area contributed by atoms with Crippen LogP contribution in [0.3, 0.4) is 0 Å². The summed E-state index contributed by atoms with van der Waals surface area (Å²) >= 11 is 5.32. The van der Waals surface area contributed by atoms with Crippen molar-refractivity contribution in [2.24, 2.45) is 0 Å². The van der Waals surface area contributed by atoms with Gasteiger partial charge < -0.3 is 14.0 Å². The number of hydrogen-bond acceptors (Lipinski definition) is 5. The lowest BCUT2D eigenvalue weighted by Gasteiger charge is -2.29. The molecule has 4 aromatic rings. The van der Waals surface area contributed by atoms with E-state index in [1.54, 1.807) is 13.2 Å². The topological polar surface area (TPSA) is 72.8 Å². The van der Waals surface area contributed by atoms with Crippen molar-refractivity contribution >= 4 is 51.8 Å². The van der Waals surface area contributed by atoms with Gasteiger partial charge in [0.25, 0.3) is 11.8 Å². The third-order valence-corrected chi connectivity index (χ3v) is 6.46. The van der Waals surface area contributed by atoms with Crippen LogP contribution in [0.4, 0.5) is 5.69 Å². The zero-order valence-corrected chi connectivity index (χ0v) is 21.2. The fraction of sp³-hybridized carbons (Fsp3) is 0.138. The highest BCUT2D eigenvalue weighted by atomic mass is 32.1. The molecule has 1 fully saturated rings. The molecule has 37 heavy (non-hydrogen) atoms. The van der Waals surface area contributed by atoms with E-state index in [-0.39, 0.29) is 10.7 Å². The maximum atomic E-state index is 13.4. The number of thiocarbonyl (C=S) groups is 1. The Bertz CT molecular complexity index is 1520. The third-order valence-electron chi connectivity index (χ3n) is 6.17. The summed E-state index contributed by atoms with van der Waals surface area (Å²) in [5, 5.41) is 3.64. The quantitative estimate of drug-likeness (QED) is 0.218. The molecular formula is C29H25N3O4S. The number of aryl methyl sites for hydroxylation is 1. The molecule has 7 nitrogen and oxygen atoms in total. The van der Waals surface area contributed by atoms with Gasteiger partial charge in [-0.25, -0.2) is 0 Å². The Labute approximate surface area is 219 Å². The highest BCUT2D eigenvalue weighted by Crippen LogP contribution is 2.27. The molecule has 1 aromatic heterocycles. The molecule has 0 saturated carbocycles. The van der Waals surface area contributed by atoms with Gasteiger partial charge in [-0.1, -0.05) is 35.9 Å². The van der Waals surface area contributed by atoms with E-state index in [4.69, 9.17) is 21.7 Å². The van der Waals surface area contributed by atoms with Crippen molar-refractivity contribution in [3.63, 3.8) is 0 Å². The number of carbonyl (C=O) groups is 2. The van der Waals surface area contributed by atoms with Gasteiger partial charge >= 0.3 is 0 Å². The van der Waals surface area contributed by atoms with E-state index in [1.165, 1.54) is 4.90 Å². The van der Waals surface area contributed by atoms with E-state index >= 15 is 0 Å². The molecule has 2 heterocycles. The number of anilines is 1. The lowest BCUT2D eigenvalue weighted by atomic mass is 10.1. The highest BCUT2D eigenvalue weighted by Gasteiger charge is 2.34. The van der Waals surface area contributed by atoms with Crippen LogP contribution in [0, 0.1) is 6.92 Å². The van der Waals surface area contributed by atoms with E-state index in [9.17, 15) is 9.59 Å². The molecule has 1 aliphatic rings. The summed E-state index contributed by atoms with van der Waals surface area (Å²) in [6.07, 6.45) is 3.56. The van der Waals surface area contributed by atoms with E-state index in [0.717, 1.165) is 33.5 Å². The van der Waals surface area contributed by atoms with Crippen LogP contribution >= 0.6 is 12.2 Å². The van der Waals surface area contributed by atoms with Gasteiger partial charge in [-0.2, -0.15) is 0 Å². The molecule has 0 radical (unpaired) electrons. The Morgan fingerprint density at radius 2 is 1.65 bits per heavy atom. The first-order valence-electron chi connectivity index (χ1n) is 11.8. The molecule has 1 saturated heterocycles. The van der Waals surface area contributed by atoms with Crippen LogP contribution in [-0.2, 0) is 16.1 Å². The maximum absolute atomic E-state index is 13.4. The summed E-state index contributed by atoms with van der Waals surface area (Å²) in [5.41, 5.74) is 3.41. The van der Waals surface area contributed by atoms with E-state index in [2.05, 4.69) is 9.88 Å². The highest BCUT2D eigenvalue weighted by molar-refractivity contribution is 7.80. The van der Waals surface area contributed by atoms with Gasteiger partial charge in [-0.05, 0) is 67.7 Å². The Hall–Kier alpha value is -4.43. The van der Waals surface area contributed by atoms with Gasteiger partial charge in [0.1, 0.15) is 23.7 Å². The van der Waals surface area contributed by atoms with Gasteiger partial charge in [0.05, 0.1) is 19.3 Å². The first-order chi connectivity index (χ1) is 17.9. The first-order valence-corrected chi connectivity index (χ1v) is 12.2. The Kier molecular flexibility index (Phi) is 6.74. The predicted octanol–water partition coefficient (Wildman–Crippen LogP) is 4.87. The van der Waals surface area contributed by atoms with Crippen molar-refractivity contribution in [2.45, 2.75) is 13.5 Å². The average Bonchev–Trinajstić information content (AvgIpc) is 3.25. The summed E-state index contributed by atoms with van der Waals surface area (Å²) in [5.74, 6) is 0.538. The van der Waals surface area contributed by atoms with Crippen molar-refractivity contribution in [1.29, 1.82) is 0 Å². The van der Waals surface area contributed by atoms with Gasteiger partial charge in [-0.15, -0.1) is 0 Å². The van der Waals surface area contributed by atoms with E-state index in [1.807, 2.05) is 85.9 Å². The van der Waals surface area contributed by atoms with Gasteiger partial charge in [-0.3, -0.25) is 19.8 Å². The smallest absolute Gasteiger partial charge is 0.270 e. The van der Waals surface area contributed by atoms with Crippen LogP contribution in [0.15, 0.2) is 84.6 Å². The van der Waals surface area contributed by atoms with Gasteiger partial charge in [0, 0.05) is 22.7 Å². The lowest BCUT2D eigenvalue weighted by molar-refractivity contribution is -0.122. The lowest BCUT2D eigenvalue weighted by Crippen LogP contribution is -2.54. The standard InChI is InChI=1S/C29H25N3O4S/c1-19-7-9-21(10-8-19)32-28(34)25(27(33)30-29(32)37)17-20-18-31(26-6-4-3-5-24(20)26)15-16-36-23-13-11-22(35-2)12-14-23/h3-14,17-18H,15-16H2,1-2H3,(H,30,33,37). The molecule has 0 spiro atoms. The summed E-state index contributed by atoms with van der Waals surface area (Å²) in [7, 11) is 1.62. The van der Waals surface area contributed by atoms with E-state index < -0.39 is 11.8 Å². The van der Waals surface area contributed by atoms with Crippen molar-refractivity contribution in [3.8, 4) is 11.5 Å². The second kappa shape index (κ2) is 10.3. The number of carbonyl (C=O) groups excluding carboxylic acids is 2. The van der Waals surface area contributed by atoms with Crippen LogP contribution in [0.25, 0.3) is 17.0 Å². The number of aromatic nitrogens is 1. The number of benzene rings is 3. The Morgan fingerprint density at radius 1 is 0.946 bits per heavy atom. The molecular weight excluding hydrogens is 486 g/mol. The molecule has 3 aromatic carbocycles. The average molecular weight is 512 g/mol. The number of rotatable bonds is 7. The SMILES string of the molecule is COc1ccc(OCCn2cc(C=C3C(=O)NC(=S)N(c4ccc(C)cc4)C3=O)c3ccccc32)cc1. The molecule has 2 amide bonds. The minimum Gasteiger partial charge on any atom is -0.497 e. The monoisotopic (exact) mass is 511 g/mol. The molecule has 186 valence electrons. The minimum absolute atomic E-state index is 0.0200. The van der Waals surface area contributed by atoms with Gasteiger partial charge in [0.15, 0.2) is 5.11 Å². The number of nitrogens with one attached hydrogen (secondary N) is 1. The summed E-state index contributed by atoms with van der Waals surface area (Å²) in [6.45, 7) is 2.98. The molecule has 0 aliphatic carbocycles. The van der Waals surface area contributed by atoms with Gasteiger partial charge in [0.2, 0.25) is 0 Å². The summed E-state index contributed by atoms with van der Waals surface area (Å²) in [4.78, 5) is 27.6. The molecule has 1 N–H and O–H groups in total. The second-order valence-electron chi connectivity index (χ2n) is 8.61. The predicted molar refractivity (Wildman–Crippen MR) is 148 cm³/mol. The number of hydrogen-bond donors (Lipinski definition) is 1. The number of fused-ring (bicyclic) bond motifs is 1. The maximum Gasteiger partial charge on any atom is 0.270 e. The third kappa shape index (κ3) is 4.96. The number of ether oxygens (including phenoxy) is 2. The normalized spacial score (nSPS) is 14.8. The number of methoxy groups -OCH3 is 1. The van der Waals surface area contributed by atoms with Crippen LogP contribution in [0.1, 0.15) is 11.1 Å². The molecule has 8 heteroatoms. The molecule has 0 bridgehead atoms. The second-order valence-corrected chi connectivity index (χ2v) is 9.00. The van der Waals surface area contributed by atoms with E-state index in [0.29, 0.717) is 18.8 Å². The van der Waals surface area contributed by atoms with Crippen LogP contribution < -0.4 is 19.7 Å². The zero-order valence-electron chi connectivity index (χ0n) is 20.4. The summed E-state index contributed by atoms with van der Waals surface area (Å²) in [6, 6.07) is 22.7. The minimum atomic E-state index is -0.516. The first kappa shape index (κ1) is 24.3. The number of amides is 2. The fourth-order valence-corrected chi connectivity index (χ4v) is 4.53. The van der Waals surface area contributed by atoms with Crippen LogP contribution in [-0.4, -0.2) is 35.2 Å². The number of nitrogens with zero attached hydrogens (tertiary/aromatic N) is 2. The molecule has 0 unspecified atom stereocenters. The van der Waals surface area contributed by atoms with Crippen molar-refractivity contribution in [3.05, 3.63) is 95.7 Å². The van der Waals surface area contributed by atoms with Crippen LogP contribution in [0.2, 0.25) is 0 Å². The summed E-state index contributed by atoms with van der Waals surface area (Å²) < 4.78 is 13.1. The largest absolute Gasteiger partial charge is 0.497 e. The molecule has 1 aliphatic heterocycles. The fourth-order valence-electron chi connectivity index (χ4n) is 4.25. The Balaban J connectivity index is 1.42. The van der Waals surface area contributed by atoms with Crippen molar-refractivity contribution in [2.75, 3.05) is 18.6 Å². The zero-order chi connectivity index (χ0) is 25.9. The van der Waals surface area contributed by atoms with Crippen molar-refractivity contribution in [1.82, 2.24) is 9.88 Å². The Morgan fingerprint density at radius 3 is 2.38 bits per heavy atom. The molecule has 5 rings (SSSR count). The molecule has 0 atom stereocenters. The number of para-hydroxylation sites is 1. The van der Waals surface area contributed by atoms with Crippen LogP contribution in [0.5, 0.6) is 11.5 Å². The van der Waals surface area contributed by atoms with Crippen molar-refractivity contribution < 1.29 is 19.1 Å².